The van der Waals surface area contributed by atoms with Crippen LogP contribution in [0.5, 0.6) is 11.5 Å². The number of hydrogen-bond acceptors (Lipinski definition) is 7. The molecule has 1 heterocycles. The second kappa shape index (κ2) is 9.45. The van der Waals surface area contributed by atoms with Crippen molar-refractivity contribution in [1.29, 1.82) is 0 Å². The van der Waals surface area contributed by atoms with Gasteiger partial charge in [-0.25, -0.2) is 8.42 Å². The molecule has 0 aromatic heterocycles. The first-order valence-corrected chi connectivity index (χ1v) is 11.2. The maximum atomic E-state index is 12.5. The summed E-state index contributed by atoms with van der Waals surface area (Å²) in [6.45, 7) is 1.80. The van der Waals surface area contributed by atoms with Crippen molar-refractivity contribution in [2.45, 2.75) is 56.1 Å². The molecule has 0 bridgehead atoms. The number of fused-ring (bicyclic) bond motifs is 1. The fraction of sp³-hybridized carbons (Fsp3) is 0.579. The van der Waals surface area contributed by atoms with E-state index in [2.05, 4.69) is 10.0 Å². The van der Waals surface area contributed by atoms with Crippen LogP contribution >= 0.6 is 0 Å². The third-order valence-electron chi connectivity index (χ3n) is 4.81. The Morgan fingerprint density at radius 3 is 2.55 bits per heavy atom. The van der Waals surface area contributed by atoms with E-state index < -0.39 is 28.6 Å². The van der Waals surface area contributed by atoms with E-state index in [0.29, 0.717) is 31.1 Å². The van der Waals surface area contributed by atoms with Crippen molar-refractivity contribution in [1.82, 2.24) is 10.0 Å². The summed E-state index contributed by atoms with van der Waals surface area (Å²) in [5.74, 6) is -0.402. The van der Waals surface area contributed by atoms with E-state index in [0.717, 1.165) is 25.7 Å². The van der Waals surface area contributed by atoms with Crippen LogP contribution in [-0.2, 0) is 24.3 Å². The Balaban J connectivity index is 1.52. The molecule has 9 nitrogen and oxygen atoms in total. The summed E-state index contributed by atoms with van der Waals surface area (Å²) in [5, 5.41) is 2.84. The molecular formula is C19H26N2O7S. The molecule has 1 fully saturated rings. The number of sulfonamides is 1. The van der Waals surface area contributed by atoms with Crippen LogP contribution in [0, 0.1) is 0 Å². The largest absolute Gasteiger partial charge is 0.490 e. The van der Waals surface area contributed by atoms with Crippen molar-refractivity contribution < 1.29 is 32.2 Å². The van der Waals surface area contributed by atoms with Gasteiger partial charge in [0.05, 0.1) is 18.1 Å². The molecule has 1 aromatic carbocycles. The summed E-state index contributed by atoms with van der Waals surface area (Å²) in [4.78, 5) is 24.0. The molecule has 0 unspecified atom stereocenters. The predicted molar refractivity (Wildman–Crippen MR) is 103 cm³/mol. The van der Waals surface area contributed by atoms with Gasteiger partial charge in [0.15, 0.2) is 17.6 Å². The maximum Gasteiger partial charge on any atom is 0.321 e. The Labute approximate surface area is 170 Å². The molecule has 0 radical (unpaired) electrons. The number of esters is 1. The quantitative estimate of drug-likeness (QED) is 0.627. The average Bonchev–Trinajstić information content (AvgIpc) is 3.08. The molecule has 3 rings (SSSR count). The summed E-state index contributed by atoms with van der Waals surface area (Å²) in [6.07, 6.45) is 3.68. The van der Waals surface area contributed by atoms with E-state index in [1.54, 1.807) is 0 Å². The molecule has 0 saturated heterocycles. The van der Waals surface area contributed by atoms with Crippen molar-refractivity contribution in [3.63, 3.8) is 0 Å². The van der Waals surface area contributed by atoms with E-state index >= 15 is 0 Å². The number of benzene rings is 1. The Morgan fingerprint density at radius 1 is 1.14 bits per heavy atom. The van der Waals surface area contributed by atoms with Crippen LogP contribution in [-0.4, -0.2) is 52.2 Å². The number of hydrogen-bond donors (Lipinski definition) is 2. The molecule has 1 aliphatic carbocycles. The smallest absolute Gasteiger partial charge is 0.321 e. The first-order chi connectivity index (χ1) is 13.8. The molecule has 1 aliphatic heterocycles. The van der Waals surface area contributed by atoms with Gasteiger partial charge in [-0.15, -0.1) is 0 Å². The minimum Gasteiger partial charge on any atom is -0.490 e. The van der Waals surface area contributed by atoms with Crippen LogP contribution in [0.15, 0.2) is 23.1 Å². The third kappa shape index (κ3) is 5.83. The summed E-state index contributed by atoms with van der Waals surface area (Å²) >= 11 is 0. The standard InChI is InChI=1S/C19H26N2O7S/c1-13(19(23)21-14-5-2-3-6-14)28-18(22)12-20-29(24,25)15-7-8-16-17(11-15)27-10-4-9-26-16/h7-8,11,13-14,20H,2-6,9-10,12H2,1H3,(H,21,23)/t13-/m0/s1. The normalized spacial score (nSPS) is 18.0. The molecule has 2 N–H and O–H groups in total. The molecule has 29 heavy (non-hydrogen) atoms. The first-order valence-electron chi connectivity index (χ1n) is 9.74. The van der Waals surface area contributed by atoms with Crippen molar-refractivity contribution in [3.05, 3.63) is 18.2 Å². The second-order valence-electron chi connectivity index (χ2n) is 7.11. The molecule has 1 saturated carbocycles. The lowest BCUT2D eigenvalue weighted by molar-refractivity contribution is -0.153. The molecule has 0 spiro atoms. The van der Waals surface area contributed by atoms with E-state index in [-0.39, 0.29) is 16.8 Å². The minimum absolute atomic E-state index is 0.0541. The van der Waals surface area contributed by atoms with Crippen LogP contribution in [0.25, 0.3) is 0 Å². The van der Waals surface area contributed by atoms with Gasteiger partial charge in [0, 0.05) is 18.5 Å². The Bertz CT molecular complexity index is 850. The predicted octanol–water partition coefficient (Wildman–Crippen LogP) is 1.12. The monoisotopic (exact) mass is 426 g/mol. The van der Waals surface area contributed by atoms with E-state index in [4.69, 9.17) is 14.2 Å². The topological polar surface area (TPSA) is 120 Å². The van der Waals surface area contributed by atoms with E-state index in [9.17, 15) is 18.0 Å². The van der Waals surface area contributed by atoms with Crippen LogP contribution in [0.4, 0.5) is 0 Å². The molecule has 1 amide bonds. The zero-order valence-corrected chi connectivity index (χ0v) is 17.1. The van der Waals surface area contributed by atoms with Gasteiger partial charge in [-0.3, -0.25) is 9.59 Å². The van der Waals surface area contributed by atoms with Gasteiger partial charge >= 0.3 is 5.97 Å². The van der Waals surface area contributed by atoms with Gasteiger partial charge in [0.2, 0.25) is 10.0 Å². The van der Waals surface area contributed by atoms with Crippen molar-refractivity contribution in [2.24, 2.45) is 0 Å². The fourth-order valence-corrected chi connectivity index (χ4v) is 4.21. The number of ether oxygens (including phenoxy) is 3. The Hall–Kier alpha value is -2.33. The highest BCUT2D eigenvalue weighted by Gasteiger charge is 2.24. The summed E-state index contributed by atoms with van der Waals surface area (Å²) < 4.78 is 43.1. The lowest BCUT2D eigenvalue weighted by Gasteiger charge is -2.17. The van der Waals surface area contributed by atoms with Gasteiger partial charge in [0.1, 0.15) is 6.54 Å². The molecule has 160 valence electrons. The van der Waals surface area contributed by atoms with Crippen molar-refractivity contribution in [3.8, 4) is 11.5 Å². The first kappa shape index (κ1) is 21.4. The van der Waals surface area contributed by atoms with Crippen LogP contribution in [0.3, 0.4) is 0 Å². The molecular weight excluding hydrogens is 400 g/mol. The van der Waals surface area contributed by atoms with Crippen LogP contribution in [0.2, 0.25) is 0 Å². The Kier molecular flexibility index (Phi) is 6.96. The summed E-state index contributed by atoms with van der Waals surface area (Å²) in [5.41, 5.74) is 0. The summed E-state index contributed by atoms with van der Waals surface area (Å²) in [6, 6.07) is 4.36. The van der Waals surface area contributed by atoms with Crippen molar-refractivity contribution in [2.75, 3.05) is 19.8 Å². The highest BCUT2D eigenvalue weighted by molar-refractivity contribution is 7.89. The summed E-state index contributed by atoms with van der Waals surface area (Å²) in [7, 11) is -3.96. The highest BCUT2D eigenvalue weighted by atomic mass is 32.2. The van der Waals surface area contributed by atoms with Gasteiger partial charge in [0.25, 0.3) is 5.91 Å². The van der Waals surface area contributed by atoms with Crippen LogP contribution < -0.4 is 19.5 Å². The number of carbonyl (C=O) groups excluding carboxylic acids is 2. The highest BCUT2D eigenvalue weighted by Crippen LogP contribution is 2.31. The molecule has 1 atom stereocenters. The van der Waals surface area contributed by atoms with Gasteiger partial charge < -0.3 is 19.5 Å². The third-order valence-corrected chi connectivity index (χ3v) is 6.21. The van der Waals surface area contributed by atoms with E-state index in [1.807, 2.05) is 0 Å². The number of amides is 1. The van der Waals surface area contributed by atoms with Gasteiger partial charge in [-0.1, -0.05) is 12.8 Å². The fourth-order valence-electron chi connectivity index (χ4n) is 3.23. The molecule has 10 heteroatoms. The van der Waals surface area contributed by atoms with Crippen LogP contribution in [0.1, 0.15) is 39.0 Å². The number of carbonyl (C=O) groups is 2. The van der Waals surface area contributed by atoms with Gasteiger partial charge in [-0.05, 0) is 31.9 Å². The van der Waals surface area contributed by atoms with Gasteiger partial charge in [-0.2, -0.15) is 4.72 Å². The number of rotatable bonds is 7. The lowest BCUT2D eigenvalue weighted by Crippen LogP contribution is -2.42. The second-order valence-corrected chi connectivity index (χ2v) is 8.87. The van der Waals surface area contributed by atoms with E-state index in [1.165, 1.54) is 25.1 Å². The molecule has 1 aromatic rings. The maximum absolute atomic E-state index is 12.5. The number of nitrogens with one attached hydrogen (secondary N) is 2. The zero-order chi connectivity index (χ0) is 20.9. The Morgan fingerprint density at radius 2 is 1.83 bits per heavy atom. The lowest BCUT2D eigenvalue weighted by atomic mass is 10.2. The average molecular weight is 426 g/mol. The minimum atomic E-state index is -3.96. The molecule has 2 aliphatic rings. The van der Waals surface area contributed by atoms with Crippen molar-refractivity contribution >= 4 is 21.9 Å². The SMILES string of the molecule is C[C@H](OC(=O)CNS(=O)(=O)c1ccc2c(c1)OCCCO2)C(=O)NC1CCCC1. The zero-order valence-electron chi connectivity index (χ0n) is 16.3.